The van der Waals surface area contributed by atoms with Gasteiger partial charge >= 0.3 is 0 Å². The van der Waals surface area contributed by atoms with Crippen molar-refractivity contribution in [3.05, 3.63) is 76.9 Å². The summed E-state index contributed by atoms with van der Waals surface area (Å²) in [7, 11) is 0. The van der Waals surface area contributed by atoms with Gasteiger partial charge in [-0.05, 0) is 50.3 Å². The maximum absolute atomic E-state index is 13.3. The summed E-state index contributed by atoms with van der Waals surface area (Å²) in [6, 6.07) is 14.2. The van der Waals surface area contributed by atoms with Crippen LogP contribution in [0.25, 0.3) is 11.0 Å². The zero-order chi connectivity index (χ0) is 22.9. The molecule has 0 spiro atoms. The molecule has 1 aliphatic carbocycles. The van der Waals surface area contributed by atoms with Crippen molar-refractivity contribution in [2.24, 2.45) is 5.92 Å². The Kier molecular flexibility index (Phi) is 5.70. The monoisotopic (exact) mass is 442 g/mol. The van der Waals surface area contributed by atoms with Gasteiger partial charge in [-0.15, -0.1) is 0 Å². The first-order valence-corrected chi connectivity index (χ1v) is 11.7. The second kappa shape index (κ2) is 8.81. The fraction of sp³-hybridized carbons (Fsp3) is 0.385. The molecule has 3 aromatic heterocycles. The number of aromatic nitrogens is 5. The Morgan fingerprint density at radius 2 is 1.94 bits per heavy atom. The zero-order valence-corrected chi connectivity index (χ0v) is 19.5. The summed E-state index contributed by atoms with van der Waals surface area (Å²) < 4.78 is 3.87. The fourth-order valence-electron chi connectivity index (χ4n) is 4.32. The van der Waals surface area contributed by atoms with Crippen LogP contribution in [0.15, 0.2) is 48.7 Å². The molecule has 7 heteroatoms. The number of aryl methyl sites for hydroxylation is 2. The van der Waals surface area contributed by atoms with Crippen LogP contribution in [0.5, 0.6) is 0 Å². The molecule has 4 aromatic rings. The van der Waals surface area contributed by atoms with Crippen molar-refractivity contribution in [3.63, 3.8) is 0 Å². The summed E-state index contributed by atoms with van der Waals surface area (Å²) in [5.41, 5.74) is 5.48. The molecule has 3 heterocycles. The fourth-order valence-corrected chi connectivity index (χ4v) is 4.32. The Morgan fingerprint density at radius 1 is 1.15 bits per heavy atom. The minimum Gasteiger partial charge on any atom is -0.352 e. The van der Waals surface area contributed by atoms with Crippen LogP contribution in [0.2, 0.25) is 0 Å². The summed E-state index contributed by atoms with van der Waals surface area (Å²) in [4.78, 5) is 18.3. The van der Waals surface area contributed by atoms with E-state index in [-0.39, 0.29) is 11.8 Å². The molecule has 1 N–H and O–H groups in total. The lowest BCUT2D eigenvalue weighted by atomic mass is 10.1. The van der Waals surface area contributed by atoms with Gasteiger partial charge in [0, 0.05) is 30.9 Å². The van der Waals surface area contributed by atoms with E-state index in [1.165, 1.54) is 0 Å². The molecule has 1 aliphatic rings. The van der Waals surface area contributed by atoms with Crippen LogP contribution in [0.3, 0.4) is 0 Å². The van der Waals surface area contributed by atoms with E-state index in [2.05, 4.69) is 29.5 Å². The molecule has 33 heavy (non-hydrogen) atoms. The van der Waals surface area contributed by atoms with Gasteiger partial charge in [-0.3, -0.25) is 9.48 Å². The highest BCUT2D eigenvalue weighted by Gasteiger charge is 2.29. The molecule has 1 atom stereocenters. The summed E-state index contributed by atoms with van der Waals surface area (Å²) in [5.74, 6) is 0.647. The molecule has 0 saturated heterocycles. The first-order chi connectivity index (χ1) is 16.0. The maximum atomic E-state index is 13.3. The van der Waals surface area contributed by atoms with Crippen LogP contribution in [-0.2, 0) is 13.1 Å². The highest BCUT2D eigenvalue weighted by atomic mass is 16.1. The molecular formula is C26H30N6O. The topological polar surface area (TPSA) is 77.6 Å². The van der Waals surface area contributed by atoms with Gasteiger partial charge in [0.25, 0.3) is 5.91 Å². The number of fused-ring (bicyclic) bond motifs is 1. The van der Waals surface area contributed by atoms with Crippen molar-refractivity contribution in [1.82, 2.24) is 29.9 Å². The molecule has 1 unspecified atom stereocenters. The number of nitrogens with one attached hydrogen (secondary N) is 1. The van der Waals surface area contributed by atoms with Gasteiger partial charge in [0.1, 0.15) is 0 Å². The van der Waals surface area contributed by atoms with Crippen molar-refractivity contribution in [2.45, 2.75) is 52.6 Å². The standard InChI is InChI=1S/C26H30N6O/c1-17(15-31-12-11-18(2)29-31)14-27-26(33)22-13-23(21-9-10-21)28-25-24(22)19(3)30-32(25)16-20-7-5-4-6-8-20/h4-8,11-13,17,21H,9-10,14-16H2,1-3H3,(H,27,33). The van der Waals surface area contributed by atoms with Crippen molar-refractivity contribution in [3.8, 4) is 0 Å². The van der Waals surface area contributed by atoms with Crippen LogP contribution >= 0.6 is 0 Å². The van der Waals surface area contributed by atoms with E-state index >= 15 is 0 Å². The average molecular weight is 443 g/mol. The van der Waals surface area contributed by atoms with Crippen LogP contribution in [0.4, 0.5) is 0 Å². The maximum Gasteiger partial charge on any atom is 0.252 e. The summed E-state index contributed by atoms with van der Waals surface area (Å²) in [5, 5.41) is 13.2. The Balaban J connectivity index is 1.41. The van der Waals surface area contributed by atoms with E-state index in [9.17, 15) is 4.79 Å². The SMILES string of the molecule is Cc1ccn(CC(C)CNC(=O)c2cc(C3CC3)nc3c2c(C)nn3Cc2ccccc2)n1. The number of pyridine rings is 1. The molecule has 170 valence electrons. The summed E-state index contributed by atoms with van der Waals surface area (Å²) in [6.45, 7) is 8.04. The predicted octanol–water partition coefficient (Wildman–Crippen LogP) is 4.24. The number of rotatable bonds is 8. The first kappa shape index (κ1) is 21.4. The van der Waals surface area contributed by atoms with E-state index in [0.29, 0.717) is 24.6 Å². The third-order valence-corrected chi connectivity index (χ3v) is 6.20. The number of carbonyl (C=O) groups excluding carboxylic acids is 1. The molecule has 1 saturated carbocycles. The van der Waals surface area contributed by atoms with E-state index in [1.807, 2.05) is 59.7 Å². The zero-order valence-electron chi connectivity index (χ0n) is 19.5. The molecule has 0 bridgehead atoms. The largest absolute Gasteiger partial charge is 0.352 e. The second-order valence-electron chi connectivity index (χ2n) is 9.29. The Bertz CT molecular complexity index is 1290. The Labute approximate surface area is 193 Å². The minimum atomic E-state index is -0.0600. The van der Waals surface area contributed by atoms with Crippen molar-refractivity contribution in [1.29, 1.82) is 0 Å². The van der Waals surface area contributed by atoms with Crippen LogP contribution < -0.4 is 5.32 Å². The van der Waals surface area contributed by atoms with E-state index in [0.717, 1.165) is 53.1 Å². The highest BCUT2D eigenvalue weighted by molar-refractivity contribution is 6.06. The van der Waals surface area contributed by atoms with Gasteiger partial charge in [0.15, 0.2) is 5.65 Å². The molecule has 0 aliphatic heterocycles. The van der Waals surface area contributed by atoms with Gasteiger partial charge < -0.3 is 5.32 Å². The first-order valence-electron chi connectivity index (χ1n) is 11.7. The minimum absolute atomic E-state index is 0.0600. The smallest absolute Gasteiger partial charge is 0.252 e. The van der Waals surface area contributed by atoms with E-state index in [1.54, 1.807) is 0 Å². The van der Waals surface area contributed by atoms with Crippen molar-refractivity contribution < 1.29 is 4.79 Å². The Hall–Kier alpha value is -3.48. The summed E-state index contributed by atoms with van der Waals surface area (Å²) >= 11 is 0. The van der Waals surface area contributed by atoms with Gasteiger partial charge in [-0.25, -0.2) is 9.67 Å². The van der Waals surface area contributed by atoms with E-state index in [4.69, 9.17) is 10.1 Å². The molecule has 1 aromatic carbocycles. The van der Waals surface area contributed by atoms with Gasteiger partial charge in [-0.2, -0.15) is 10.2 Å². The number of hydrogen-bond acceptors (Lipinski definition) is 4. The number of benzene rings is 1. The van der Waals surface area contributed by atoms with Gasteiger partial charge in [0.2, 0.25) is 0 Å². The molecule has 1 amide bonds. The lowest BCUT2D eigenvalue weighted by Crippen LogP contribution is -2.30. The van der Waals surface area contributed by atoms with Crippen molar-refractivity contribution >= 4 is 16.9 Å². The van der Waals surface area contributed by atoms with Gasteiger partial charge in [0.05, 0.1) is 28.9 Å². The van der Waals surface area contributed by atoms with E-state index < -0.39 is 0 Å². The van der Waals surface area contributed by atoms with Gasteiger partial charge in [-0.1, -0.05) is 37.3 Å². The quantitative estimate of drug-likeness (QED) is 0.443. The second-order valence-corrected chi connectivity index (χ2v) is 9.29. The normalized spacial score (nSPS) is 14.5. The summed E-state index contributed by atoms with van der Waals surface area (Å²) in [6.07, 6.45) is 4.24. The molecule has 5 rings (SSSR count). The highest BCUT2D eigenvalue weighted by Crippen LogP contribution is 2.40. The van der Waals surface area contributed by atoms with Crippen LogP contribution in [0.1, 0.15) is 58.7 Å². The molecule has 7 nitrogen and oxygen atoms in total. The molecule has 0 radical (unpaired) electrons. The molecule has 1 fully saturated rings. The van der Waals surface area contributed by atoms with Crippen LogP contribution in [0, 0.1) is 19.8 Å². The predicted molar refractivity (Wildman–Crippen MR) is 128 cm³/mol. The number of amides is 1. The third-order valence-electron chi connectivity index (χ3n) is 6.20. The lowest BCUT2D eigenvalue weighted by Gasteiger charge is -2.14. The third kappa shape index (κ3) is 4.67. The average Bonchev–Trinajstić information content (AvgIpc) is 3.52. The van der Waals surface area contributed by atoms with Crippen LogP contribution in [-0.4, -0.2) is 37.0 Å². The Morgan fingerprint density at radius 3 is 2.64 bits per heavy atom. The lowest BCUT2D eigenvalue weighted by molar-refractivity contribution is 0.0948. The number of carbonyl (C=O) groups is 1. The van der Waals surface area contributed by atoms with Crippen molar-refractivity contribution in [2.75, 3.05) is 6.54 Å². The molecular weight excluding hydrogens is 412 g/mol. The number of nitrogens with zero attached hydrogens (tertiary/aromatic N) is 5. The number of hydrogen-bond donors (Lipinski definition) is 1.